The molecule has 0 atom stereocenters. The molecule has 0 unspecified atom stereocenters. The van der Waals surface area contributed by atoms with E-state index in [0.29, 0.717) is 5.56 Å². The van der Waals surface area contributed by atoms with Crippen molar-refractivity contribution in [3.05, 3.63) is 76.6 Å². The summed E-state index contributed by atoms with van der Waals surface area (Å²) in [4.78, 5) is 12.7. The van der Waals surface area contributed by atoms with Gasteiger partial charge in [-0.05, 0) is 50.1 Å². The molecule has 0 saturated carbocycles. The lowest BCUT2D eigenvalue weighted by molar-refractivity contribution is 0.103. The number of phenols is 1. The van der Waals surface area contributed by atoms with E-state index in [-0.39, 0.29) is 21.8 Å². The van der Waals surface area contributed by atoms with Crippen LogP contribution in [0, 0.1) is 20.8 Å². The molecule has 0 fully saturated rings. The predicted molar refractivity (Wildman–Crippen MR) is 97.0 cm³/mol. The molecule has 26 heavy (non-hydrogen) atoms. The average molecular weight is 370 g/mol. The number of rotatable bonds is 4. The minimum Gasteiger partial charge on any atom is -0.507 e. The molecule has 0 aliphatic rings. The maximum atomic E-state index is 12.8. The summed E-state index contributed by atoms with van der Waals surface area (Å²) in [7, 11) is -3.91. The van der Waals surface area contributed by atoms with Crippen LogP contribution in [-0.4, -0.2) is 28.5 Å². The highest BCUT2D eigenvalue weighted by Gasteiger charge is 2.23. The average Bonchev–Trinajstić information content (AvgIpc) is 3.09. The van der Waals surface area contributed by atoms with E-state index in [4.69, 9.17) is 0 Å². The Hall–Kier alpha value is -2.93. The summed E-state index contributed by atoms with van der Waals surface area (Å²) in [5.41, 5.74) is 2.40. The van der Waals surface area contributed by atoms with Gasteiger partial charge < -0.3 is 5.11 Å². The monoisotopic (exact) mass is 370 g/mol. The van der Waals surface area contributed by atoms with Gasteiger partial charge in [-0.25, -0.2) is 0 Å². The highest BCUT2D eigenvalue weighted by Crippen LogP contribution is 2.23. The summed E-state index contributed by atoms with van der Waals surface area (Å²) in [5.74, 6) is -0.653. The van der Waals surface area contributed by atoms with Crippen molar-refractivity contribution < 1.29 is 18.3 Å². The summed E-state index contributed by atoms with van der Waals surface area (Å²) < 4.78 is 26.5. The van der Waals surface area contributed by atoms with E-state index in [0.717, 1.165) is 15.2 Å². The van der Waals surface area contributed by atoms with Crippen LogP contribution in [0.3, 0.4) is 0 Å². The topological polar surface area (TPSA) is 89.3 Å². The van der Waals surface area contributed by atoms with Crippen molar-refractivity contribution in [3.63, 3.8) is 0 Å². The molecule has 0 amide bonds. The van der Waals surface area contributed by atoms with E-state index in [1.54, 1.807) is 45.0 Å². The van der Waals surface area contributed by atoms with Gasteiger partial charge in [0.25, 0.3) is 10.0 Å². The molecule has 1 aromatic heterocycles. The lowest BCUT2D eigenvalue weighted by Gasteiger charge is -2.08. The van der Waals surface area contributed by atoms with Crippen molar-refractivity contribution in [2.24, 2.45) is 0 Å². The lowest BCUT2D eigenvalue weighted by atomic mass is 10.0. The van der Waals surface area contributed by atoms with Crippen LogP contribution in [0.1, 0.15) is 32.6 Å². The number of benzene rings is 2. The Balaban J connectivity index is 2.03. The molecule has 6 nitrogen and oxygen atoms in total. The van der Waals surface area contributed by atoms with Crippen LogP contribution in [0.2, 0.25) is 0 Å². The van der Waals surface area contributed by atoms with Crippen molar-refractivity contribution in [1.82, 2.24) is 9.19 Å². The third-order valence-electron chi connectivity index (χ3n) is 4.09. The smallest absolute Gasteiger partial charge is 0.283 e. The van der Waals surface area contributed by atoms with Crippen LogP contribution >= 0.6 is 0 Å². The van der Waals surface area contributed by atoms with E-state index in [1.165, 1.54) is 18.5 Å². The van der Waals surface area contributed by atoms with Crippen molar-refractivity contribution in [1.29, 1.82) is 0 Å². The summed E-state index contributed by atoms with van der Waals surface area (Å²) in [6.07, 6.45) is 2.36. The van der Waals surface area contributed by atoms with E-state index in [9.17, 15) is 18.3 Å². The molecule has 7 heteroatoms. The molecule has 3 rings (SSSR count). The van der Waals surface area contributed by atoms with E-state index < -0.39 is 15.8 Å². The molecule has 0 saturated heterocycles. The van der Waals surface area contributed by atoms with Crippen molar-refractivity contribution in [2.75, 3.05) is 0 Å². The van der Waals surface area contributed by atoms with Gasteiger partial charge in [0.15, 0.2) is 5.78 Å². The van der Waals surface area contributed by atoms with Gasteiger partial charge in [0.1, 0.15) is 5.75 Å². The van der Waals surface area contributed by atoms with E-state index in [2.05, 4.69) is 5.10 Å². The van der Waals surface area contributed by atoms with Gasteiger partial charge in [-0.15, -0.1) is 0 Å². The largest absolute Gasteiger partial charge is 0.507 e. The Morgan fingerprint density at radius 3 is 2.42 bits per heavy atom. The van der Waals surface area contributed by atoms with Gasteiger partial charge in [-0.2, -0.15) is 17.6 Å². The highest BCUT2D eigenvalue weighted by atomic mass is 32.2. The first kappa shape index (κ1) is 17.9. The zero-order chi connectivity index (χ0) is 19.1. The zero-order valence-corrected chi connectivity index (χ0v) is 15.4. The number of hydrogen-bond donors (Lipinski definition) is 1. The van der Waals surface area contributed by atoms with E-state index in [1.807, 2.05) is 6.07 Å². The molecule has 0 aliphatic heterocycles. The molecule has 2 aromatic carbocycles. The standard InChI is InChI=1S/C19H18N2O4S/c1-12-5-7-17(22)16(8-12)19(23)15-10-20-21(11-15)26(24,25)18-9-13(2)4-6-14(18)3/h4-11,22H,1-3H3. The number of hydrogen-bond acceptors (Lipinski definition) is 5. The van der Waals surface area contributed by atoms with Crippen molar-refractivity contribution >= 4 is 15.8 Å². The molecule has 1 heterocycles. The number of aromatic nitrogens is 2. The SMILES string of the molecule is Cc1ccc(O)c(C(=O)c2cnn(S(=O)(=O)c3cc(C)ccc3C)c2)c1. The third kappa shape index (κ3) is 3.13. The van der Waals surface area contributed by atoms with Crippen LogP contribution in [0.5, 0.6) is 5.75 Å². The maximum absolute atomic E-state index is 12.8. The minimum atomic E-state index is -3.91. The lowest BCUT2D eigenvalue weighted by Crippen LogP contribution is -2.15. The fourth-order valence-electron chi connectivity index (χ4n) is 2.63. The Bertz CT molecular complexity index is 1110. The van der Waals surface area contributed by atoms with Crippen LogP contribution in [0.15, 0.2) is 53.7 Å². The predicted octanol–water partition coefficient (Wildman–Crippen LogP) is 2.98. The molecule has 0 radical (unpaired) electrons. The van der Waals surface area contributed by atoms with Crippen LogP contribution < -0.4 is 0 Å². The van der Waals surface area contributed by atoms with Gasteiger partial charge in [-0.1, -0.05) is 23.8 Å². The molecule has 1 N–H and O–H groups in total. The third-order valence-corrected chi connectivity index (χ3v) is 5.77. The molecule has 0 bridgehead atoms. The Morgan fingerprint density at radius 2 is 1.69 bits per heavy atom. The summed E-state index contributed by atoms with van der Waals surface area (Å²) >= 11 is 0. The van der Waals surface area contributed by atoms with Gasteiger partial charge in [0, 0.05) is 0 Å². The van der Waals surface area contributed by atoms with Crippen LogP contribution in [-0.2, 0) is 10.0 Å². The second-order valence-electron chi connectivity index (χ2n) is 6.23. The molecular formula is C19H18N2O4S. The highest BCUT2D eigenvalue weighted by molar-refractivity contribution is 7.89. The molecule has 134 valence electrons. The summed E-state index contributed by atoms with van der Waals surface area (Å²) in [6.45, 7) is 5.30. The Labute approximate surface area is 151 Å². The number of carbonyl (C=O) groups excluding carboxylic acids is 1. The molecule has 0 aliphatic carbocycles. The number of nitrogens with zero attached hydrogens (tertiary/aromatic N) is 2. The number of ketones is 1. The second-order valence-corrected chi connectivity index (χ2v) is 7.99. The van der Waals surface area contributed by atoms with Gasteiger partial charge in [-0.3, -0.25) is 4.79 Å². The Morgan fingerprint density at radius 1 is 1.04 bits per heavy atom. The number of aryl methyl sites for hydroxylation is 3. The van der Waals surface area contributed by atoms with Crippen molar-refractivity contribution in [2.45, 2.75) is 25.7 Å². The molecule has 0 spiro atoms. The summed E-state index contributed by atoms with van der Waals surface area (Å²) in [6, 6.07) is 9.78. The Kier molecular flexibility index (Phi) is 4.41. The molecule has 3 aromatic rings. The normalized spacial score (nSPS) is 11.5. The van der Waals surface area contributed by atoms with Gasteiger partial charge in [0.2, 0.25) is 0 Å². The number of carbonyl (C=O) groups is 1. The zero-order valence-electron chi connectivity index (χ0n) is 14.6. The first-order chi connectivity index (χ1) is 12.2. The second kappa shape index (κ2) is 6.42. The number of phenolic OH excluding ortho intramolecular Hbond substituents is 1. The van der Waals surface area contributed by atoms with Crippen molar-refractivity contribution in [3.8, 4) is 5.75 Å². The first-order valence-electron chi connectivity index (χ1n) is 7.92. The maximum Gasteiger partial charge on any atom is 0.283 e. The summed E-state index contributed by atoms with van der Waals surface area (Å²) in [5, 5.41) is 13.8. The minimum absolute atomic E-state index is 0.0831. The fraction of sp³-hybridized carbons (Fsp3) is 0.158. The van der Waals surface area contributed by atoms with Gasteiger partial charge >= 0.3 is 0 Å². The van der Waals surface area contributed by atoms with Crippen LogP contribution in [0.25, 0.3) is 0 Å². The fourth-order valence-corrected chi connectivity index (χ4v) is 4.06. The van der Waals surface area contributed by atoms with Gasteiger partial charge in [0.05, 0.1) is 28.4 Å². The van der Waals surface area contributed by atoms with E-state index >= 15 is 0 Å². The molecular weight excluding hydrogens is 352 g/mol. The first-order valence-corrected chi connectivity index (χ1v) is 9.36. The number of aromatic hydroxyl groups is 1. The quantitative estimate of drug-likeness (QED) is 0.713. The van der Waals surface area contributed by atoms with Crippen LogP contribution in [0.4, 0.5) is 0 Å².